The monoisotopic (exact) mass is 372 g/mol. The topological polar surface area (TPSA) is 75.4 Å². The average Bonchev–Trinajstić information content (AvgIpc) is 3.11. The SMILES string of the molecule is O=C(NCCCCCCO)c1cc(-c2sccc2Br)on1. The highest BCUT2D eigenvalue weighted by Gasteiger charge is 2.15. The predicted molar refractivity (Wildman–Crippen MR) is 85.4 cm³/mol. The van der Waals surface area contributed by atoms with Crippen molar-refractivity contribution >= 4 is 33.2 Å². The molecule has 0 aliphatic heterocycles. The van der Waals surface area contributed by atoms with Crippen molar-refractivity contribution in [3.8, 4) is 10.6 Å². The molecule has 2 heterocycles. The van der Waals surface area contributed by atoms with Gasteiger partial charge < -0.3 is 14.9 Å². The van der Waals surface area contributed by atoms with E-state index in [0.29, 0.717) is 18.0 Å². The number of aromatic nitrogens is 1. The molecule has 114 valence electrons. The highest BCUT2D eigenvalue weighted by Crippen LogP contribution is 2.33. The molecule has 2 aromatic heterocycles. The van der Waals surface area contributed by atoms with Gasteiger partial charge in [-0.25, -0.2) is 0 Å². The number of halogens is 1. The second kappa shape index (κ2) is 8.31. The lowest BCUT2D eigenvalue weighted by Crippen LogP contribution is -2.24. The number of carbonyl (C=O) groups is 1. The zero-order valence-electron chi connectivity index (χ0n) is 11.5. The van der Waals surface area contributed by atoms with Crippen molar-refractivity contribution in [2.45, 2.75) is 25.7 Å². The van der Waals surface area contributed by atoms with Crippen molar-refractivity contribution in [1.29, 1.82) is 0 Å². The van der Waals surface area contributed by atoms with E-state index in [1.807, 2.05) is 11.4 Å². The minimum absolute atomic E-state index is 0.222. The van der Waals surface area contributed by atoms with Gasteiger partial charge in [-0.3, -0.25) is 4.79 Å². The number of aliphatic hydroxyl groups is 1. The van der Waals surface area contributed by atoms with E-state index in [-0.39, 0.29) is 12.5 Å². The molecule has 2 N–H and O–H groups in total. The van der Waals surface area contributed by atoms with Gasteiger partial charge >= 0.3 is 0 Å². The van der Waals surface area contributed by atoms with Crippen LogP contribution in [0.15, 0.2) is 26.5 Å². The van der Waals surface area contributed by atoms with Crippen LogP contribution in [0.3, 0.4) is 0 Å². The van der Waals surface area contributed by atoms with Gasteiger partial charge in [0.05, 0.1) is 4.88 Å². The van der Waals surface area contributed by atoms with Crippen molar-refractivity contribution in [3.05, 3.63) is 27.7 Å². The number of nitrogens with one attached hydrogen (secondary N) is 1. The third-order valence-electron chi connectivity index (χ3n) is 2.95. The molecular formula is C14H17BrN2O3S. The van der Waals surface area contributed by atoms with E-state index in [9.17, 15) is 4.79 Å². The first-order chi connectivity index (χ1) is 10.2. The highest BCUT2D eigenvalue weighted by molar-refractivity contribution is 9.10. The number of hydrogen-bond donors (Lipinski definition) is 2. The summed E-state index contributed by atoms with van der Waals surface area (Å²) in [6, 6.07) is 3.58. The van der Waals surface area contributed by atoms with Crippen LogP contribution in [-0.2, 0) is 0 Å². The Morgan fingerprint density at radius 1 is 1.38 bits per heavy atom. The number of nitrogens with zero attached hydrogens (tertiary/aromatic N) is 1. The minimum atomic E-state index is -0.222. The Morgan fingerprint density at radius 2 is 2.19 bits per heavy atom. The fraction of sp³-hybridized carbons (Fsp3) is 0.429. The smallest absolute Gasteiger partial charge is 0.273 e. The van der Waals surface area contributed by atoms with E-state index in [1.165, 1.54) is 11.3 Å². The second-order valence-electron chi connectivity index (χ2n) is 4.57. The Kier molecular flexibility index (Phi) is 6.41. The molecule has 2 rings (SSSR count). The van der Waals surface area contributed by atoms with Crippen molar-refractivity contribution in [1.82, 2.24) is 10.5 Å². The van der Waals surface area contributed by atoms with Gasteiger partial charge in [0.25, 0.3) is 5.91 Å². The Labute approximate surface area is 135 Å². The first-order valence-corrected chi connectivity index (χ1v) is 8.49. The van der Waals surface area contributed by atoms with Crippen LogP contribution in [0.5, 0.6) is 0 Å². The predicted octanol–water partition coefficient (Wildman–Crippen LogP) is 3.45. The highest BCUT2D eigenvalue weighted by atomic mass is 79.9. The van der Waals surface area contributed by atoms with Crippen LogP contribution in [0, 0.1) is 0 Å². The van der Waals surface area contributed by atoms with E-state index in [0.717, 1.165) is 35.0 Å². The van der Waals surface area contributed by atoms with Crippen LogP contribution in [0.25, 0.3) is 10.6 Å². The van der Waals surface area contributed by atoms with Crippen LogP contribution < -0.4 is 5.32 Å². The van der Waals surface area contributed by atoms with E-state index in [2.05, 4.69) is 26.4 Å². The molecule has 0 saturated carbocycles. The van der Waals surface area contributed by atoms with Gasteiger partial charge in [-0.1, -0.05) is 18.0 Å². The molecule has 0 bridgehead atoms. The van der Waals surface area contributed by atoms with Gasteiger partial charge in [-0.05, 0) is 40.2 Å². The summed E-state index contributed by atoms with van der Waals surface area (Å²) in [6.07, 6.45) is 3.68. The fourth-order valence-corrected chi connectivity index (χ4v) is 3.36. The number of carbonyl (C=O) groups excluding carboxylic acids is 1. The number of hydrogen-bond acceptors (Lipinski definition) is 5. The maximum Gasteiger partial charge on any atom is 0.273 e. The summed E-state index contributed by atoms with van der Waals surface area (Å²) in [5.41, 5.74) is 0.292. The molecule has 2 aromatic rings. The number of rotatable bonds is 8. The van der Waals surface area contributed by atoms with E-state index >= 15 is 0 Å². The third-order valence-corrected chi connectivity index (χ3v) is 4.81. The second-order valence-corrected chi connectivity index (χ2v) is 6.34. The van der Waals surface area contributed by atoms with Crippen molar-refractivity contribution in [2.24, 2.45) is 0 Å². The lowest BCUT2D eigenvalue weighted by molar-refractivity contribution is 0.0944. The average molecular weight is 373 g/mol. The summed E-state index contributed by atoms with van der Waals surface area (Å²) in [6.45, 7) is 0.835. The molecule has 0 spiro atoms. The lowest BCUT2D eigenvalue weighted by atomic mass is 10.2. The van der Waals surface area contributed by atoms with Crippen molar-refractivity contribution in [2.75, 3.05) is 13.2 Å². The third kappa shape index (κ3) is 4.66. The van der Waals surface area contributed by atoms with E-state index in [1.54, 1.807) is 6.07 Å². The standard InChI is InChI=1S/C14H17BrN2O3S/c15-10-5-8-21-13(10)12-9-11(17-20-12)14(19)16-6-3-1-2-4-7-18/h5,8-9,18H,1-4,6-7H2,(H,16,19). The molecule has 1 amide bonds. The lowest BCUT2D eigenvalue weighted by Gasteiger charge is -2.02. The van der Waals surface area contributed by atoms with Crippen LogP contribution in [0.2, 0.25) is 0 Å². The number of thiophene rings is 1. The van der Waals surface area contributed by atoms with Crippen LogP contribution >= 0.6 is 27.3 Å². The largest absolute Gasteiger partial charge is 0.396 e. The molecule has 0 fully saturated rings. The maximum atomic E-state index is 11.9. The molecule has 0 unspecified atom stereocenters. The van der Waals surface area contributed by atoms with Gasteiger partial charge in [0.2, 0.25) is 0 Å². The van der Waals surface area contributed by atoms with Crippen LogP contribution in [-0.4, -0.2) is 29.3 Å². The van der Waals surface area contributed by atoms with Crippen molar-refractivity contribution < 1.29 is 14.4 Å². The minimum Gasteiger partial charge on any atom is -0.396 e. The molecule has 0 atom stereocenters. The molecule has 21 heavy (non-hydrogen) atoms. The maximum absolute atomic E-state index is 11.9. The molecular weight excluding hydrogens is 356 g/mol. The first-order valence-electron chi connectivity index (χ1n) is 6.81. The van der Waals surface area contributed by atoms with Crippen LogP contribution in [0.4, 0.5) is 0 Å². The Bertz CT molecular complexity index is 582. The Balaban J connectivity index is 1.81. The van der Waals surface area contributed by atoms with E-state index < -0.39 is 0 Å². The molecule has 0 aliphatic rings. The molecule has 7 heteroatoms. The van der Waals surface area contributed by atoms with Gasteiger partial charge in [-0.15, -0.1) is 11.3 Å². The quantitative estimate of drug-likeness (QED) is 0.695. The summed E-state index contributed by atoms with van der Waals surface area (Å²) in [7, 11) is 0. The normalized spacial score (nSPS) is 10.8. The van der Waals surface area contributed by atoms with Gasteiger partial charge in [0.15, 0.2) is 11.5 Å². The molecule has 0 radical (unpaired) electrons. The number of aliphatic hydroxyl groups excluding tert-OH is 1. The Morgan fingerprint density at radius 3 is 2.90 bits per heavy atom. The summed E-state index contributed by atoms with van der Waals surface area (Å²) < 4.78 is 6.14. The molecule has 5 nitrogen and oxygen atoms in total. The fourth-order valence-electron chi connectivity index (χ4n) is 1.84. The van der Waals surface area contributed by atoms with Crippen LogP contribution in [0.1, 0.15) is 36.2 Å². The molecule has 0 saturated heterocycles. The summed E-state index contributed by atoms with van der Waals surface area (Å²) >= 11 is 4.95. The van der Waals surface area contributed by atoms with Gasteiger partial charge in [-0.2, -0.15) is 0 Å². The Hall–Kier alpha value is -1.18. The first kappa shape index (κ1) is 16.2. The number of unbranched alkanes of at least 4 members (excludes halogenated alkanes) is 3. The van der Waals surface area contributed by atoms with E-state index in [4.69, 9.17) is 9.63 Å². The summed E-state index contributed by atoms with van der Waals surface area (Å²) in [4.78, 5) is 12.8. The zero-order chi connectivity index (χ0) is 15.1. The van der Waals surface area contributed by atoms with Gasteiger partial charge in [0, 0.05) is 23.7 Å². The van der Waals surface area contributed by atoms with Crippen molar-refractivity contribution in [3.63, 3.8) is 0 Å². The molecule has 0 aromatic carbocycles. The zero-order valence-corrected chi connectivity index (χ0v) is 13.9. The summed E-state index contributed by atoms with van der Waals surface area (Å²) in [5, 5.41) is 17.2. The summed E-state index contributed by atoms with van der Waals surface area (Å²) in [5.74, 6) is 0.366. The van der Waals surface area contributed by atoms with Gasteiger partial charge in [0.1, 0.15) is 0 Å². The number of amides is 1. The molecule has 0 aliphatic carbocycles.